The van der Waals surface area contributed by atoms with Gasteiger partial charge in [0.2, 0.25) is 5.91 Å². The molecule has 0 radical (unpaired) electrons. The summed E-state index contributed by atoms with van der Waals surface area (Å²) >= 11 is 0. The van der Waals surface area contributed by atoms with Gasteiger partial charge in [-0.25, -0.2) is 4.79 Å². The van der Waals surface area contributed by atoms with E-state index in [1.807, 2.05) is 45.9 Å². The molecule has 0 spiro atoms. The van der Waals surface area contributed by atoms with Crippen molar-refractivity contribution in [2.24, 2.45) is 5.92 Å². The lowest BCUT2D eigenvalue weighted by molar-refractivity contribution is -0.127. The Hall–Kier alpha value is -2.04. The maximum Gasteiger partial charge on any atom is 0.407 e. The predicted molar refractivity (Wildman–Crippen MR) is 89.1 cm³/mol. The maximum absolute atomic E-state index is 12.2. The van der Waals surface area contributed by atoms with Crippen molar-refractivity contribution in [1.29, 1.82) is 0 Å². The molecule has 1 aliphatic heterocycles. The zero-order chi connectivity index (χ0) is 17.0. The molecule has 0 bridgehead atoms. The van der Waals surface area contributed by atoms with Crippen molar-refractivity contribution in [3.8, 4) is 0 Å². The highest BCUT2D eigenvalue weighted by Gasteiger charge is 2.34. The van der Waals surface area contributed by atoms with Crippen LogP contribution in [0, 0.1) is 5.92 Å². The first kappa shape index (κ1) is 17.3. The third kappa shape index (κ3) is 4.98. The van der Waals surface area contributed by atoms with Crippen LogP contribution >= 0.6 is 0 Å². The van der Waals surface area contributed by atoms with Crippen molar-refractivity contribution in [2.75, 3.05) is 6.54 Å². The molecule has 1 aromatic carbocycles. The lowest BCUT2D eigenvalue weighted by atomic mass is 9.80. The van der Waals surface area contributed by atoms with Gasteiger partial charge >= 0.3 is 6.09 Å². The van der Waals surface area contributed by atoms with Crippen LogP contribution in [0.15, 0.2) is 30.3 Å². The molecular formula is C18H26N2O3. The number of ether oxygens (including phenoxy) is 1. The van der Waals surface area contributed by atoms with Crippen LogP contribution in [-0.2, 0) is 9.53 Å². The van der Waals surface area contributed by atoms with E-state index in [2.05, 4.69) is 22.8 Å². The van der Waals surface area contributed by atoms with E-state index in [4.69, 9.17) is 4.74 Å². The van der Waals surface area contributed by atoms with Crippen molar-refractivity contribution in [1.82, 2.24) is 10.6 Å². The molecule has 3 atom stereocenters. The first-order chi connectivity index (χ1) is 10.8. The van der Waals surface area contributed by atoms with Crippen molar-refractivity contribution in [3.05, 3.63) is 35.9 Å². The van der Waals surface area contributed by atoms with Crippen LogP contribution in [0.4, 0.5) is 4.79 Å². The lowest BCUT2D eigenvalue weighted by Crippen LogP contribution is -2.50. The van der Waals surface area contributed by atoms with Gasteiger partial charge in [0, 0.05) is 18.5 Å². The molecule has 1 heterocycles. The van der Waals surface area contributed by atoms with Gasteiger partial charge in [-0.05, 0) is 39.7 Å². The minimum absolute atomic E-state index is 0.0132. The van der Waals surface area contributed by atoms with Gasteiger partial charge in [0.05, 0.1) is 5.92 Å². The molecule has 2 N–H and O–H groups in total. The number of hydrogen-bond donors (Lipinski definition) is 2. The maximum atomic E-state index is 12.2. The second kappa shape index (κ2) is 7.02. The van der Waals surface area contributed by atoms with Crippen LogP contribution in [0.5, 0.6) is 0 Å². The summed E-state index contributed by atoms with van der Waals surface area (Å²) in [5.74, 6) is -0.0102. The van der Waals surface area contributed by atoms with Crippen LogP contribution in [0.3, 0.4) is 0 Å². The van der Waals surface area contributed by atoms with Gasteiger partial charge in [-0.15, -0.1) is 0 Å². The summed E-state index contributed by atoms with van der Waals surface area (Å²) < 4.78 is 5.21. The minimum atomic E-state index is -0.542. The van der Waals surface area contributed by atoms with Crippen LogP contribution < -0.4 is 10.6 Å². The summed E-state index contributed by atoms with van der Waals surface area (Å²) in [6.45, 7) is 7.75. The molecule has 1 aromatic rings. The Morgan fingerprint density at radius 2 is 1.96 bits per heavy atom. The number of hydrogen-bond acceptors (Lipinski definition) is 3. The highest BCUT2D eigenvalue weighted by molar-refractivity contribution is 5.81. The average Bonchev–Trinajstić information content (AvgIpc) is 2.45. The molecule has 5 nitrogen and oxygen atoms in total. The smallest absolute Gasteiger partial charge is 0.407 e. The van der Waals surface area contributed by atoms with Crippen LogP contribution in [-0.4, -0.2) is 30.2 Å². The van der Waals surface area contributed by atoms with Crippen molar-refractivity contribution in [2.45, 2.75) is 51.7 Å². The summed E-state index contributed by atoms with van der Waals surface area (Å²) in [4.78, 5) is 23.9. The first-order valence-corrected chi connectivity index (χ1v) is 8.08. The molecular weight excluding hydrogens is 292 g/mol. The van der Waals surface area contributed by atoms with E-state index in [9.17, 15) is 9.59 Å². The first-order valence-electron chi connectivity index (χ1n) is 8.08. The molecule has 2 amide bonds. The highest BCUT2D eigenvalue weighted by Crippen LogP contribution is 2.31. The van der Waals surface area contributed by atoms with Gasteiger partial charge in [0.25, 0.3) is 0 Å². The molecule has 2 rings (SSSR count). The molecule has 0 aliphatic carbocycles. The standard InChI is InChI=1S/C18H26N2O3/c1-12-15(13-8-6-5-7-9-13)10-14(16(21)20-12)11-19-17(22)23-18(2,3)4/h5-9,12,14-15H,10-11H2,1-4H3,(H,19,22)(H,20,21)/t12-,14?,15-/m1/s1. The quantitative estimate of drug-likeness (QED) is 0.900. The van der Waals surface area contributed by atoms with Gasteiger partial charge in [-0.3, -0.25) is 4.79 Å². The van der Waals surface area contributed by atoms with Crippen LogP contribution in [0.2, 0.25) is 0 Å². The second-order valence-electron chi connectivity index (χ2n) is 7.13. The third-order valence-electron chi connectivity index (χ3n) is 4.00. The Bertz CT molecular complexity index is 551. The Morgan fingerprint density at radius 1 is 1.30 bits per heavy atom. The molecule has 1 unspecified atom stereocenters. The number of rotatable bonds is 3. The topological polar surface area (TPSA) is 67.4 Å². The summed E-state index contributed by atoms with van der Waals surface area (Å²) in [6, 6.07) is 10.2. The minimum Gasteiger partial charge on any atom is -0.444 e. The largest absolute Gasteiger partial charge is 0.444 e. The molecule has 0 aromatic heterocycles. The molecule has 1 aliphatic rings. The molecule has 1 fully saturated rings. The van der Waals surface area contributed by atoms with Crippen LogP contribution in [0.1, 0.15) is 45.6 Å². The fourth-order valence-electron chi connectivity index (χ4n) is 2.88. The predicted octanol–water partition coefficient (Wildman–Crippen LogP) is 2.82. The Kier molecular flexibility index (Phi) is 5.29. The van der Waals surface area contributed by atoms with E-state index in [0.717, 1.165) is 0 Å². The van der Waals surface area contributed by atoms with E-state index < -0.39 is 11.7 Å². The summed E-state index contributed by atoms with van der Waals surface area (Å²) in [5.41, 5.74) is 0.669. The van der Waals surface area contributed by atoms with Gasteiger partial charge in [-0.1, -0.05) is 30.3 Å². The molecule has 0 saturated carbocycles. The van der Waals surface area contributed by atoms with E-state index in [1.165, 1.54) is 5.56 Å². The van der Waals surface area contributed by atoms with Gasteiger partial charge in [0.1, 0.15) is 5.60 Å². The number of alkyl carbamates (subject to hydrolysis) is 1. The SMILES string of the molecule is C[C@H]1NC(=O)C(CNC(=O)OC(C)(C)C)C[C@H]1c1ccccc1. The lowest BCUT2D eigenvalue weighted by Gasteiger charge is -2.35. The molecule has 5 heteroatoms. The van der Waals surface area contributed by atoms with Gasteiger partial charge in [-0.2, -0.15) is 0 Å². The number of carbonyl (C=O) groups is 2. The summed E-state index contributed by atoms with van der Waals surface area (Å²) in [7, 11) is 0. The highest BCUT2D eigenvalue weighted by atomic mass is 16.6. The number of nitrogens with one attached hydrogen (secondary N) is 2. The zero-order valence-electron chi connectivity index (χ0n) is 14.3. The second-order valence-corrected chi connectivity index (χ2v) is 7.13. The van der Waals surface area contributed by atoms with E-state index in [1.54, 1.807) is 0 Å². The Balaban J connectivity index is 1.96. The van der Waals surface area contributed by atoms with E-state index in [0.29, 0.717) is 6.42 Å². The summed E-state index contributed by atoms with van der Waals surface area (Å²) in [6.07, 6.45) is 0.229. The fraction of sp³-hybridized carbons (Fsp3) is 0.556. The monoisotopic (exact) mass is 318 g/mol. The average molecular weight is 318 g/mol. The van der Waals surface area contributed by atoms with Crippen LogP contribution in [0.25, 0.3) is 0 Å². The fourth-order valence-corrected chi connectivity index (χ4v) is 2.88. The van der Waals surface area contributed by atoms with Gasteiger partial charge < -0.3 is 15.4 Å². The van der Waals surface area contributed by atoms with Crippen molar-refractivity contribution < 1.29 is 14.3 Å². The molecule has 23 heavy (non-hydrogen) atoms. The number of benzene rings is 1. The Labute approximate surface area is 137 Å². The van der Waals surface area contributed by atoms with Gasteiger partial charge in [0.15, 0.2) is 0 Å². The zero-order valence-corrected chi connectivity index (χ0v) is 14.3. The number of carbonyl (C=O) groups excluding carboxylic acids is 2. The van der Waals surface area contributed by atoms with E-state index >= 15 is 0 Å². The normalized spacial score (nSPS) is 24.7. The summed E-state index contributed by atoms with van der Waals surface area (Å²) in [5, 5.41) is 5.72. The molecule has 1 saturated heterocycles. The number of amides is 2. The number of piperidine rings is 1. The van der Waals surface area contributed by atoms with Crippen molar-refractivity contribution in [3.63, 3.8) is 0 Å². The van der Waals surface area contributed by atoms with Crippen molar-refractivity contribution >= 4 is 12.0 Å². The Morgan fingerprint density at radius 3 is 2.57 bits per heavy atom. The molecule has 126 valence electrons. The van der Waals surface area contributed by atoms with E-state index in [-0.39, 0.29) is 30.3 Å². The third-order valence-corrected chi connectivity index (χ3v) is 4.00.